The number of aromatic amines is 3. The molecule has 0 spiro atoms. The Bertz CT molecular complexity index is 2500. The molecule has 0 saturated carbocycles. The molecule has 0 bridgehead atoms. The number of benzene rings is 4. The summed E-state index contributed by atoms with van der Waals surface area (Å²) < 4.78 is 21.6. The van der Waals surface area contributed by atoms with E-state index in [1.807, 2.05) is 111 Å². The van der Waals surface area contributed by atoms with Gasteiger partial charge in [0.25, 0.3) is 0 Å². The normalized spacial score (nSPS) is 11.0. The Labute approximate surface area is 366 Å². The number of carbonyl (C=O) groups is 4. The summed E-state index contributed by atoms with van der Waals surface area (Å²) in [5, 5.41) is 0. The molecule has 3 aromatic heterocycles. The number of nitrogens with one attached hydrogen (secondary N) is 3. The second-order valence-corrected chi connectivity index (χ2v) is 15.4. The predicted molar refractivity (Wildman–Crippen MR) is 240 cm³/mol. The second kappa shape index (κ2) is 20.4. The van der Waals surface area contributed by atoms with Gasteiger partial charge in [-0.1, -0.05) is 121 Å². The average Bonchev–Trinajstić information content (AvgIpc) is 3.95. The fourth-order valence-electron chi connectivity index (χ4n) is 8.10. The third-order valence-corrected chi connectivity index (χ3v) is 11.4. The molecule has 3 N–H and O–H groups in total. The lowest BCUT2D eigenvalue weighted by molar-refractivity contribution is -0.141. The molecule has 0 unspecified atom stereocenters. The number of ether oxygens (including phenoxy) is 4. The molecule has 0 radical (unpaired) electrons. The fourth-order valence-corrected chi connectivity index (χ4v) is 8.10. The topological polar surface area (TPSA) is 153 Å². The lowest BCUT2D eigenvalue weighted by Crippen LogP contribution is -2.07. The van der Waals surface area contributed by atoms with Gasteiger partial charge in [-0.05, 0) is 71.2 Å². The first-order valence-electron chi connectivity index (χ1n) is 21.0. The van der Waals surface area contributed by atoms with Crippen molar-refractivity contribution in [1.82, 2.24) is 15.0 Å². The Morgan fingerprint density at radius 2 is 0.810 bits per heavy atom. The van der Waals surface area contributed by atoms with Crippen LogP contribution in [0.5, 0.6) is 0 Å². The number of esters is 4. The van der Waals surface area contributed by atoms with Crippen molar-refractivity contribution in [3.8, 4) is 22.3 Å². The van der Waals surface area contributed by atoms with Crippen LogP contribution in [-0.2, 0) is 67.4 Å². The van der Waals surface area contributed by atoms with Gasteiger partial charge in [-0.15, -0.1) is 0 Å². The van der Waals surface area contributed by atoms with E-state index in [1.165, 1.54) is 14.2 Å². The van der Waals surface area contributed by atoms with Gasteiger partial charge < -0.3 is 33.9 Å². The number of rotatable bonds is 18. The monoisotopic (exact) mass is 845 g/mol. The summed E-state index contributed by atoms with van der Waals surface area (Å²) in [5.41, 5.74) is 12.5. The Morgan fingerprint density at radius 3 is 1.16 bits per heavy atom. The molecule has 0 saturated heterocycles. The van der Waals surface area contributed by atoms with Crippen molar-refractivity contribution in [1.29, 1.82) is 0 Å². The van der Waals surface area contributed by atoms with Crippen LogP contribution in [0.3, 0.4) is 0 Å². The molecule has 4 aromatic carbocycles. The SMILES string of the molecule is COC(=O)CCc1c(Cc2[nH]c(Cc3[nH]c(C(=O)OCc4ccccc4)c(C)c3CCC(=O)OC)c(-c3ccccc3)c2-c2ccccc2)[nH]c(C(=O)OCc2ccccc2)c1C. The molecule has 63 heavy (non-hydrogen) atoms. The molecule has 0 aliphatic heterocycles. The van der Waals surface area contributed by atoms with E-state index >= 15 is 0 Å². The van der Waals surface area contributed by atoms with E-state index in [0.29, 0.717) is 48.2 Å². The lowest BCUT2D eigenvalue weighted by atomic mass is 9.91. The number of aromatic nitrogens is 3. The molecule has 0 atom stereocenters. The highest BCUT2D eigenvalue weighted by atomic mass is 16.5. The summed E-state index contributed by atoms with van der Waals surface area (Å²) in [6.45, 7) is 3.95. The highest BCUT2D eigenvalue weighted by molar-refractivity contribution is 5.92. The molecule has 11 heteroatoms. The minimum Gasteiger partial charge on any atom is -0.469 e. The van der Waals surface area contributed by atoms with Crippen molar-refractivity contribution in [3.05, 3.63) is 189 Å². The lowest BCUT2D eigenvalue weighted by Gasteiger charge is -2.11. The largest absolute Gasteiger partial charge is 0.469 e. The molecule has 0 fully saturated rings. The Hall–Kier alpha value is -7.40. The number of carbonyl (C=O) groups excluding carboxylic acids is 4. The summed E-state index contributed by atoms with van der Waals surface area (Å²) in [7, 11) is 2.72. The van der Waals surface area contributed by atoms with Crippen LogP contribution in [0, 0.1) is 13.8 Å². The quantitative estimate of drug-likeness (QED) is 0.0571. The first-order valence-corrected chi connectivity index (χ1v) is 21.0. The number of H-pyrrole nitrogens is 3. The van der Waals surface area contributed by atoms with E-state index in [2.05, 4.69) is 39.2 Å². The predicted octanol–water partition coefficient (Wildman–Crippen LogP) is 9.73. The van der Waals surface area contributed by atoms with Crippen LogP contribution in [0.25, 0.3) is 22.3 Å². The summed E-state index contributed by atoms with van der Waals surface area (Å²) >= 11 is 0. The fraction of sp³-hybridized carbons (Fsp3) is 0.231. The first kappa shape index (κ1) is 43.7. The van der Waals surface area contributed by atoms with Crippen LogP contribution in [0.1, 0.15) is 90.0 Å². The number of methoxy groups -OCH3 is 2. The molecular formula is C52H51N3O8. The van der Waals surface area contributed by atoms with Gasteiger partial charge >= 0.3 is 23.9 Å². The zero-order valence-electron chi connectivity index (χ0n) is 36.0. The van der Waals surface area contributed by atoms with Crippen LogP contribution in [0.15, 0.2) is 121 Å². The molecule has 7 rings (SSSR count). The van der Waals surface area contributed by atoms with Gasteiger partial charge in [0.2, 0.25) is 0 Å². The van der Waals surface area contributed by atoms with E-state index in [0.717, 1.165) is 67.3 Å². The maximum atomic E-state index is 13.7. The first-order chi connectivity index (χ1) is 30.6. The highest BCUT2D eigenvalue weighted by Crippen LogP contribution is 2.41. The highest BCUT2D eigenvalue weighted by Gasteiger charge is 2.28. The molecule has 0 aliphatic carbocycles. The van der Waals surface area contributed by atoms with Crippen molar-refractivity contribution in [2.45, 2.75) is 65.6 Å². The third-order valence-electron chi connectivity index (χ3n) is 11.4. The minimum absolute atomic E-state index is 0.107. The standard InChI is InChI=1S/C52H51N3O8/c1-33-39(25-27-45(56)60-3)41(54-49(33)51(58)62-31-35-17-9-5-10-18-35)29-43-47(37-21-13-7-14-22-37)48(38-23-15-8-16-24-38)44(53-43)30-42-40(26-28-46(57)61-4)34(2)50(55-42)52(59)63-32-36-19-11-6-12-20-36/h5-24,53-55H,25-32H2,1-4H3. The Kier molecular flexibility index (Phi) is 14.2. The Balaban J connectivity index is 1.33. The van der Waals surface area contributed by atoms with Crippen LogP contribution >= 0.6 is 0 Å². The maximum Gasteiger partial charge on any atom is 0.355 e. The van der Waals surface area contributed by atoms with Crippen molar-refractivity contribution in [3.63, 3.8) is 0 Å². The van der Waals surface area contributed by atoms with Gasteiger partial charge in [-0.3, -0.25) is 9.59 Å². The van der Waals surface area contributed by atoms with Crippen molar-refractivity contribution in [2.75, 3.05) is 14.2 Å². The van der Waals surface area contributed by atoms with Gasteiger partial charge in [0.15, 0.2) is 0 Å². The van der Waals surface area contributed by atoms with E-state index < -0.39 is 11.9 Å². The molecule has 3 heterocycles. The van der Waals surface area contributed by atoms with E-state index in [-0.39, 0.29) is 38.0 Å². The van der Waals surface area contributed by atoms with Crippen molar-refractivity contribution in [2.24, 2.45) is 0 Å². The van der Waals surface area contributed by atoms with E-state index in [1.54, 1.807) is 0 Å². The van der Waals surface area contributed by atoms with Crippen LogP contribution < -0.4 is 0 Å². The molecular weight excluding hydrogens is 795 g/mol. The maximum absolute atomic E-state index is 13.7. The molecule has 322 valence electrons. The molecule has 0 aliphatic rings. The van der Waals surface area contributed by atoms with Crippen molar-refractivity contribution < 1.29 is 38.1 Å². The zero-order valence-corrected chi connectivity index (χ0v) is 36.0. The summed E-state index contributed by atoms with van der Waals surface area (Å²) in [4.78, 5) is 63.0. The second-order valence-electron chi connectivity index (χ2n) is 15.4. The van der Waals surface area contributed by atoms with E-state index in [4.69, 9.17) is 18.9 Å². The average molecular weight is 846 g/mol. The Morgan fingerprint density at radius 1 is 0.460 bits per heavy atom. The van der Waals surface area contributed by atoms with E-state index in [9.17, 15) is 19.2 Å². The summed E-state index contributed by atoms with van der Waals surface area (Å²) in [6.07, 6.45) is 1.59. The van der Waals surface area contributed by atoms with Gasteiger partial charge in [-0.2, -0.15) is 0 Å². The minimum atomic E-state index is -0.498. The van der Waals surface area contributed by atoms with Gasteiger partial charge in [-0.25, -0.2) is 9.59 Å². The summed E-state index contributed by atoms with van der Waals surface area (Å²) in [5.74, 6) is -1.72. The van der Waals surface area contributed by atoms with Gasteiger partial charge in [0.1, 0.15) is 24.6 Å². The molecule has 0 amide bonds. The van der Waals surface area contributed by atoms with Crippen molar-refractivity contribution >= 4 is 23.9 Å². The van der Waals surface area contributed by atoms with Crippen LogP contribution in [0.4, 0.5) is 0 Å². The number of hydrogen-bond acceptors (Lipinski definition) is 8. The zero-order chi connectivity index (χ0) is 44.3. The number of hydrogen-bond donors (Lipinski definition) is 3. The van der Waals surface area contributed by atoms with Crippen LogP contribution in [-0.4, -0.2) is 53.0 Å². The molecule has 7 aromatic rings. The third kappa shape index (κ3) is 10.4. The summed E-state index contributed by atoms with van der Waals surface area (Å²) in [6, 6.07) is 39.2. The smallest absolute Gasteiger partial charge is 0.355 e. The van der Waals surface area contributed by atoms with Gasteiger partial charge in [0.05, 0.1) is 14.2 Å². The van der Waals surface area contributed by atoms with Crippen LogP contribution in [0.2, 0.25) is 0 Å². The molecule has 11 nitrogen and oxygen atoms in total. The van der Waals surface area contributed by atoms with Gasteiger partial charge in [0, 0.05) is 59.6 Å².